The third-order valence-corrected chi connectivity index (χ3v) is 13.7. The molecule has 6 nitrogen and oxygen atoms in total. The number of rotatable bonds is 55. The van der Waals surface area contributed by atoms with Crippen molar-refractivity contribution in [1.82, 2.24) is 5.32 Å². The van der Waals surface area contributed by atoms with Crippen LogP contribution < -0.4 is 5.32 Å². The molecule has 0 aliphatic rings. The number of hydrogen-bond donors (Lipinski definition) is 3. The van der Waals surface area contributed by atoms with E-state index in [0.717, 1.165) is 57.8 Å². The Labute approximate surface area is 417 Å². The minimum absolute atomic E-state index is 0.0106. The smallest absolute Gasteiger partial charge is 0.305 e. The summed E-state index contributed by atoms with van der Waals surface area (Å²) in [6.45, 7) is 4.90. The lowest BCUT2D eigenvalue weighted by molar-refractivity contribution is -0.143. The first kappa shape index (κ1) is 65.1. The molecule has 0 spiro atoms. The normalized spacial score (nSPS) is 12.8. The van der Waals surface area contributed by atoms with Crippen molar-refractivity contribution < 1.29 is 24.5 Å². The first-order chi connectivity index (χ1) is 33.0. The zero-order valence-corrected chi connectivity index (χ0v) is 44.9. The summed E-state index contributed by atoms with van der Waals surface area (Å²) in [5.41, 5.74) is 0. The number of ether oxygens (including phenoxy) is 1. The van der Waals surface area contributed by atoms with E-state index < -0.39 is 12.1 Å². The van der Waals surface area contributed by atoms with E-state index in [0.29, 0.717) is 25.9 Å². The molecule has 0 rings (SSSR count). The number of aliphatic hydroxyl groups is 2. The Morgan fingerprint density at radius 2 is 0.761 bits per heavy atom. The lowest BCUT2D eigenvalue weighted by atomic mass is 10.0. The van der Waals surface area contributed by atoms with Crippen molar-refractivity contribution in [3.8, 4) is 0 Å². The van der Waals surface area contributed by atoms with Gasteiger partial charge >= 0.3 is 5.97 Å². The predicted molar refractivity (Wildman–Crippen MR) is 292 cm³/mol. The molecule has 0 aromatic carbocycles. The standard InChI is InChI=1S/C61H115NO5/c1-3-5-7-9-11-13-15-17-19-23-26-29-33-37-41-45-49-53-59(64)58(57-63)62-60(65)54-50-46-42-38-34-30-27-24-21-20-22-25-28-32-36-40-44-48-52-56-67-61(66)55-51-47-43-39-35-31-18-16-14-12-10-8-6-4-2/h10,12,16,18,20-21,58-59,63-64H,3-9,11,13-15,17,19,22-57H2,1-2H3,(H,62,65)/b12-10-,18-16-,21-20-. The third-order valence-electron chi connectivity index (χ3n) is 13.7. The fourth-order valence-electron chi connectivity index (χ4n) is 9.06. The summed E-state index contributed by atoms with van der Waals surface area (Å²) in [6.07, 6.45) is 69.9. The molecular formula is C61H115NO5. The van der Waals surface area contributed by atoms with Gasteiger partial charge in [0.05, 0.1) is 25.4 Å². The van der Waals surface area contributed by atoms with E-state index in [2.05, 4.69) is 55.6 Å². The SMILES string of the molecule is CCCC/C=C\C/C=C\CCCCCCCC(=O)OCCCCCCCCCC/C=C\CCCCCCCCCC(=O)NC(CO)C(O)CCCCCCCCCCCCCCCCCCC. The second kappa shape index (κ2) is 56.7. The van der Waals surface area contributed by atoms with Crippen LogP contribution in [-0.2, 0) is 14.3 Å². The highest BCUT2D eigenvalue weighted by Crippen LogP contribution is 2.17. The quantitative estimate of drug-likeness (QED) is 0.0321. The second-order valence-corrected chi connectivity index (χ2v) is 20.3. The van der Waals surface area contributed by atoms with Crippen molar-refractivity contribution in [3.63, 3.8) is 0 Å². The summed E-state index contributed by atoms with van der Waals surface area (Å²) in [5, 5.41) is 23.3. The first-order valence-corrected chi connectivity index (χ1v) is 29.7. The maximum atomic E-state index is 12.5. The van der Waals surface area contributed by atoms with E-state index in [9.17, 15) is 19.8 Å². The Kier molecular flexibility index (Phi) is 55.0. The van der Waals surface area contributed by atoms with E-state index in [1.54, 1.807) is 0 Å². The topological polar surface area (TPSA) is 95.9 Å². The number of amides is 1. The second-order valence-electron chi connectivity index (χ2n) is 20.3. The molecule has 0 aromatic heterocycles. The van der Waals surface area contributed by atoms with Gasteiger partial charge in [-0.15, -0.1) is 0 Å². The van der Waals surface area contributed by atoms with Gasteiger partial charge in [0.25, 0.3) is 0 Å². The van der Waals surface area contributed by atoms with Crippen LogP contribution >= 0.6 is 0 Å². The summed E-state index contributed by atoms with van der Waals surface area (Å²) < 4.78 is 5.46. The van der Waals surface area contributed by atoms with Gasteiger partial charge in [-0.3, -0.25) is 9.59 Å². The highest BCUT2D eigenvalue weighted by Gasteiger charge is 2.20. The van der Waals surface area contributed by atoms with Crippen LogP contribution in [-0.4, -0.2) is 47.4 Å². The van der Waals surface area contributed by atoms with E-state index in [4.69, 9.17) is 4.74 Å². The summed E-state index contributed by atoms with van der Waals surface area (Å²) in [4.78, 5) is 24.5. The van der Waals surface area contributed by atoms with Crippen LogP contribution in [0.3, 0.4) is 0 Å². The molecule has 0 heterocycles. The molecular weight excluding hydrogens is 827 g/mol. The number of aliphatic hydroxyl groups excluding tert-OH is 2. The van der Waals surface area contributed by atoms with Gasteiger partial charge in [-0.05, 0) is 77.0 Å². The molecule has 2 unspecified atom stereocenters. The number of allylic oxidation sites excluding steroid dienone is 6. The van der Waals surface area contributed by atoms with Gasteiger partial charge in [-0.25, -0.2) is 0 Å². The number of unbranched alkanes of at least 4 members (excludes halogenated alkanes) is 38. The van der Waals surface area contributed by atoms with Gasteiger partial charge in [-0.2, -0.15) is 0 Å². The maximum absolute atomic E-state index is 12.5. The Hall–Kier alpha value is -1.92. The fraction of sp³-hybridized carbons (Fsp3) is 0.869. The highest BCUT2D eigenvalue weighted by atomic mass is 16.5. The van der Waals surface area contributed by atoms with Crippen molar-refractivity contribution in [2.75, 3.05) is 13.2 Å². The molecule has 67 heavy (non-hydrogen) atoms. The van der Waals surface area contributed by atoms with Gasteiger partial charge < -0.3 is 20.3 Å². The van der Waals surface area contributed by atoms with Crippen LogP contribution in [0.25, 0.3) is 0 Å². The molecule has 0 aliphatic heterocycles. The Bertz CT molecular complexity index is 1090. The highest BCUT2D eigenvalue weighted by molar-refractivity contribution is 5.76. The van der Waals surface area contributed by atoms with Crippen molar-refractivity contribution in [1.29, 1.82) is 0 Å². The van der Waals surface area contributed by atoms with Crippen LogP contribution in [0, 0.1) is 0 Å². The molecule has 0 saturated heterocycles. The molecule has 1 amide bonds. The van der Waals surface area contributed by atoms with Gasteiger partial charge in [0.15, 0.2) is 0 Å². The Morgan fingerprint density at radius 3 is 1.19 bits per heavy atom. The maximum Gasteiger partial charge on any atom is 0.305 e. The predicted octanol–water partition coefficient (Wildman–Crippen LogP) is 18.4. The van der Waals surface area contributed by atoms with Gasteiger partial charge in [0.1, 0.15) is 0 Å². The van der Waals surface area contributed by atoms with Crippen molar-refractivity contribution >= 4 is 11.9 Å². The Balaban J connectivity index is 3.45. The molecule has 394 valence electrons. The number of carbonyl (C=O) groups excluding carboxylic acids is 2. The average molecular weight is 943 g/mol. The van der Waals surface area contributed by atoms with Crippen molar-refractivity contribution in [3.05, 3.63) is 36.5 Å². The first-order valence-electron chi connectivity index (χ1n) is 29.7. The molecule has 0 saturated carbocycles. The summed E-state index contributed by atoms with van der Waals surface area (Å²) >= 11 is 0. The third kappa shape index (κ3) is 53.3. The number of hydrogen-bond acceptors (Lipinski definition) is 5. The van der Waals surface area contributed by atoms with E-state index >= 15 is 0 Å². The van der Waals surface area contributed by atoms with Crippen molar-refractivity contribution in [2.24, 2.45) is 0 Å². The fourth-order valence-corrected chi connectivity index (χ4v) is 9.06. The van der Waals surface area contributed by atoms with Crippen LogP contribution in [0.5, 0.6) is 0 Å². The monoisotopic (exact) mass is 942 g/mol. The average Bonchev–Trinajstić information content (AvgIpc) is 3.33. The van der Waals surface area contributed by atoms with Crippen molar-refractivity contribution in [2.45, 2.75) is 328 Å². The zero-order valence-electron chi connectivity index (χ0n) is 44.9. The van der Waals surface area contributed by atoms with E-state index in [1.165, 1.54) is 225 Å². The lowest BCUT2D eigenvalue weighted by Gasteiger charge is -2.22. The van der Waals surface area contributed by atoms with Crippen LogP contribution in [0.2, 0.25) is 0 Å². The van der Waals surface area contributed by atoms with Crippen LogP contribution in [0.4, 0.5) is 0 Å². The van der Waals surface area contributed by atoms with Crippen LogP contribution in [0.15, 0.2) is 36.5 Å². The largest absolute Gasteiger partial charge is 0.466 e. The van der Waals surface area contributed by atoms with Gasteiger partial charge in [-0.1, -0.05) is 262 Å². The van der Waals surface area contributed by atoms with E-state index in [1.807, 2.05) is 0 Å². The van der Waals surface area contributed by atoms with E-state index in [-0.39, 0.29) is 18.5 Å². The Morgan fingerprint density at radius 1 is 0.418 bits per heavy atom. The molecule has 0 radical (unpaired) electrons. The number of nitrogens with one attached hydrogen (secondary N) is 1. The van der Waals surface area contributed by atoms with Crippen LogP contribution in [0.1, 0.15) is 316 Å². The summed E-state index contributed by atoms with van der Waals surface area (Å²) in [6, 6.07) is -0.549. The lowest BCUT2D eigenvalue weighted by Crippen LogP contribution is -2.45. The minimum atomic E-state index is -0.671. The molecule has 0 aliphatic carbocycles. The molecule has 3 N–H and O–H groups in total. The van der Waals surface area contributed by atoms with Gasteiger partial charge in [0, 0.05) is 12.8 Å². The molecule has 0 fully saturated rings. The molecule has 0 aromatic rings. The summed E-state index contributed by atoms with van der Waals surface area (Å²) in [5.74, 6) is -0.0541. The molecule has 2 atom stereocenters. The number of esters is 1. The molecule has 0 bridgehead atoms. The zero-order chi connectivity index (χ0) is 48.6. The number of carbonyl (C=O) groups is 2. The molecule has 6 heteroatoms. The van der Waals surface area contributed by atoms with Gasteiger partial charge in [0.2, 0.25) is 5.91 Å². The summed E-state index contributed by atoms with van der Waals surface area (Å²) in [7, 11) is 0. The minimum Gasteiger partial charge on any atom is -0.466 e.